The zero-order valence-corrected chi connectivity index (χ0v) is 18.3. The molecule has 26 heavy (non-hydrogen) atoms. The number of carbonyl (C=O) groups is 2. The monoisotopic (exact) mass is 374 g/mol. The fourth-order valence-electron chi connectivity index (χ4n) is 3.06. The summed E-state index contributed by atoms with van der Waals surface area (Å²) >= 11 is 1.86. The summed E-state index contributed by atoms with van der Waals surface area (Å²) in [7, 11) is 0. The Morgan fingerprint density at radius 1 is 1.08 bits per heavy atom. The van der Waals surface area contributed by atoms with E-state index in [1.165, 1.54) is 22.6 Å². The van der Waals surface area contributed by atoms with Gasteiger partial charge in [-0.1, -0.05) is 38.3 Å². The summed E-state index contributed by atoms with van der Waals surface area (Å²) in [4.78, 5) is 28.0. The fourth-order valence-corrected chi connectivity index (χ4v) is 4.38. The van der Waals surface area contributed by atoms with Crippen LogP contribution in [0.15, 0.2) is 34.9 Å². The van der Waals surface area contributed by atoms with Crippen LogP contribution in [0.1, 0.15) is 77.5 Å². The van der Waals surface area contributed by atoms with E-state index in [1.54, 1.807) is 6.08 Å². The molecular weight excluding hydrogens is 340 g/mol. The van der Waals surface area contributed by atoms with E-state index in [-0.39, 0.29) is 17.0 Å². The molecule has 0 bridgehead atoms. The van der Waals surface area contributed by atoms with Crippen molar-refractivity contribution in [3.8, 4) is 0 Å². The molecule has 0 fully saturated rings. The lowest BCUT2D eigenvalue weighted by Crippen LogP contribution is -2.23. The minimum atomic E-state index is -0.171. The number of thiophene rings is 1. The van der Waals surface area contributed by atoms with Crippen molar-refractivity contribution in [1.82, 2.24) is 0 Å². The summed E-state index contributed by atoms with van der Waals surface area (Å²) in [5.74, 6) is -0.205. The quantitative estimate of drug-likeness (QED) is 0.266. The first kappa shape index (κ1) is 22.6. The van der Waals surface area contributed by atoms with Gasteiger partial charge in [-0.15, -0.1) is 11.3 Å². The molecular formula is C23H34O2S. The van der Waals surface area contributed by atoms with Gasteiger partial charge in [-0.2, -0.15) is 0 Å². The van der Waals surface area contributed by atoms with Crippen molar-refractivity contribution < 1.29 is 9.59 Å². The number of hydrogen-bond donors (Lipinski definition) is 0. The summed E-state index contributed by atoms with van der Waals surface area (Å²) in [6.07, 6.45) is 6.38. The number of Topliss-reactive ketones (excluding diaryl/α,β-unsaturated/α-hetero) is 1. The maximum absolute atomic E-state index is 12.9. The van der Waals surface area contributed by atoms with Gasteiger partial charge >= 0.3 is 0 Å². The second-order valence-electron chi connectivity index (χ2n) is 8.37. The van der Waals surface area contributed by atoms with Crippen LogP contribution in [-0.2, 0) is 22.4 Å². The second-order valence-corrected chi connectivity index (χ2v) is 9.63. The summed E-state index contributed by atoms with van der Waals surface area (Å²) in [6.45, 7) is 13.9. The first-order valence-corrected chi connectivity index (χ1v) is 10.3. The van der Waals surface area contributed by atoms with Gasteiger partial charge in [0.2, 0.25) is 0 Å². The number of ketones is 2. The van der Waals surface area contributed by atoms with E-state index in [2.05, 4.69) is 32.9 Å². The molecule has 0 spiro atoms. The molecule has 0 radical (unpaired) electrons. The molecule has 0 saturated carbocycles. The fraction of sp³-hybridized carbons (Fsp3) is 0.565. The highest BCUT2D eigenvalue weighted by Gasteiger charge is 2.27. The average Bonchev–Trinajstić information content (AvgIpc) is 2.89. The molecule has 0 unspecified atom stereocenters. The largest absolute Gasteiger partial charge is 0.294 e. The molecule has 0 aromatic carbocycles. The molecule has 3 heteroatoms. The molecule has 1 aromatic heterocycles. The van der Waals surface area contributed by atoms with Gasteiger partial charge < -0.3 is 0 Å². The third kappa shape index (κ3) is 7.41. The van der Waals surface area contributed by atoms with Crippen LogP contribution in [-0.4, -0.2) is 11.6 Å². The molecule has 1 heterocycles. The Bertz CT molecular complexity index is 694. The Labute approximate surface area is 163 Å². The van der Waals surface area contributed by atoms with Gasteiger partial charge in [0.05, 0.1) is 5.57 Å². The smallest absolute Gasteiger partial charge is 0.189 e. The van der Waals surface area contributed by atoms with E-state index in [4.69, 9.17) is 0 Å². The predicted octanol–water partition coefficient (Wildman–Crippen LogP) is 6.49. The molecule has 144 valence electrons. The number of carbonyl (C=O) groups excluding carboxylic acids is 2. The highest BCUT2D eigenvalue weighted by molar-refractivity contribution is 7.12. The molecule has 0 aliphatic rings. The Balaban J connectivity index is 2.85. The van der Waals surface area contributed by atoms with Crippen LogP contribution >= 0.6 is 11.3 Å². The van der Waals surface area contributed by atoms with Crippen molar-refractivity contribution >= 4 is 22.9 Å². The maximum atomic E-state index is 12.9. The van der Waals surface area contributed by atoms with Gasteiger partial charge in [0.15, 0.2) is 11.6 Å². The Morgan fingerprint density at radius 2 is 1.69 bits per heavy atom. The third-order valence-electron chi connectivity index (χ3n) is 4.23. The number of aryl methyl sites for hydroxylation is 1. The molecule has 0 saturated heterocycles. The lowest BCUT2D eigenvalue weighted by Gasteiger charge is -2.23. The number of rotatable bonds is 10. The van der Waals surface area contributed by atoms with E-state index < -0.39 is 0 Å². The van der Waals surface area contributed by atoms with Crippen LogP contribution in [0.2, 0.25) is 0 Å². The van der Waals surface area contributed by atoms with Gasteiger partial charge in [-0.3, -0.25) is 9.59 Å². The van der Waals surface area contributed by atoms with Crippen LogP contribution in [0.3, 0.4) is 0 Å². The maximum Gasteiger partial charge on any atom is 0.189 e. The minimum Gasteiger partial charge on any atom is -0.294 e. The Kier molecular flexibility index (Phi) is 8.69. The van der Waals surface area contributed by atoms with Gasteiger partial charge in [-0.05, 0) is 70.6 Å². The van der Waals surface area contributed by atoms with Crippen LogP contribution < -0.4 is 0 Å². The molecule has 0 N–H and O–H groups in total. The first-order chi connectivity index (χ1) is 12.1. The Morgan fingerprint density at radius 3 is 2.23 bits per heavy atom. The summed E-state index contributed by atoms with van der Waals surface area (Å²) in [6, 6.07) is 4.41. The molecule has 1 rings (SSSR count). The zero-order valence-electron chi connectivity index (χ0n) is 17.5. The molecule has 2 nitrogen and oxygen atoms in total. The van der Waals surface area contributed by atoms with Crippen molar-refractivity contribution in [3.05, 3.63) is 44.7 Å². The van der Waals surface area contributed by atoms with Gasteiger partial charge in [0.25, 0.3) is 0 Å². The van der Waals surface area contributed by atoms with Gasteiger partial charge in [0.1, 0.15) is 0 Å². The molecule has 0 amide bonds. The van der Waals surface area contributed by atoms with Crippen molar-refractivity contribution in [2.45, 2.75) is 80.6 Å². The van der Waals surface area contributed by atoms with Crippen molar-refractivity contribution in [3.63, 3.8) is 0 Å². The number of allylic oxidation sites excluding steroid dienone is 4. The Hall–Kier alpha value is -1.48. The average molecular weight is 375 g/mol. The van der Waals surface area contributed by atoms with E-state index in [0.29, 0.717) is 12.0 Å². The standard InChI is InChI=1S/C23H34O2S/c1-8-9-10-18-11-12-19(26-18)14-23(6,7)15-21(25)22(17(4)5)20(24)13-16(2)3/h11-13H,8-10,14-15H2,1-7H3. The van der Waals surface area contributed by atoms with Crippen molar-refractivity contribution in [2.75, 3.05) is 0 Å². The lowest BCUT2D eigenvalue weighted by atomic mass is 9.80. The lowest BCUT2D eigenvalue weighted by molar-refractivity contribution is -0.120. The van der Waals surface area contributed by atoms with Crippen LogP contribution in [0.5, 0.6) is 0 Å². The molecule has 0 atom stereocenters. The third-order valence-corrected chi connectivity index (χ3v) is 5.38. The number of unbranched alkanes of at least 4 members (excludes halogenated alkanes) is 1. The first-order valence-electron chi connectivity index (χ1n) is 9.53. The van der Waals surface area contributed by atoms with E-state index in [9.17, 15) is 9.59 Å². The van der Waals surface area contributed by atoms with Gasteiger partial charge in [-0.25, -0.2) is 0 Å². The SMILES string of the molecule is CCCCc1ccc(CC(C)(C)CC(=O)C(C(=O)C=C(C)C)=C(C)C)s1. The minimum absolute atomic E-state index is 0.0414. The van der Waals surface area contributed by atoms with Crippen molar-refractivity contribution in [2.24, 2.45) is 5.41 Å². The van der Waals surface area contributed by atoms with Gasteiger partial charge in [0, 0.05) is 16.2 Å². The molecule has 1 aromatic rings. The van der Waals surface area contributed by atoms with E-state index in [0.717, 1.165) is 24.0 Å². The van der Waals surface area contributed by atoms with E-state index >= 15 is 0 Å². The summed E-state index contributed by atoms with van der Waals surface area (Å²) in [5.41, 5.74) is 1.90. The summed E-state index contributed by atoms with van der Waals surface area (Å²) in [5, 5.41) is 0. The normalized spacial score (nSPS) is 11.2. The second kappa shape index (κ2) is 10.0. The van der Waals surface area contributed by atoms with Crippen LogP contribution in [0.4, 0.5) is 0 Å². The molecule has 0 aliphatic carbocycles. The highest BCUT2D eigenvalue weighted by Crippen LogP contribution is 2.31. The predicted molar refractivity (Wildman–Crippen MR) is 113 cm³/mol. The topological polar surface area (TPSA) is 34.1 Å². The van der Waals surface area contributed by atoms with Crippen molar-refractivity contribution in [1.29, 1.82) is 0 Å². The number of hydrogen-bond acceptors (Lipinski definition) is 3. The summed E-state index contributed by atoms with van der Waals surface area (Å²) < 4.78 is 0. The zero-order chi connectivity index (χ0) is 19.9. The van der Waals surface area contributed by atoms with E-state index in [1.807, 2.05) is 39.0 Å². The molecule has 0 aliphatic heterocycles. The van der Waals surface area contributed by atoms with Crippen LogP contribution in [0, 0.1) is 5.41 Å². The highest BCUT2D eigenvalue weighted by atomic mass is 32.1. The van der Waals surface area contributed by atoms with Crippen LogP contribution in [0.25, 0.3) is 0 Å².